The minimum atomic E-state index is -4.81. The first kappa shape index (κ1) is 17.2. The molecule has 118 valence electrons. The number of nitrogen functional groups attached to an aromatic ring is 1. The topological polar surface area (TPSA) is 113 Å². The summed E-state index contributed by atoms with van der Waals surface area (Å²) in [6.45, 7) is -1.43. The maximum absolute atomic E-state index is 11.9. The minimum Gasteiger partial charge on any atom is -0.478 e. The van der Waals surface area contributed by atoms with Crippen molar-refractivity contribution in [2.24, 2.45) is 0 Å². The van der Waals surface area contributed by atoms with Crippen LogP contribution in [0.25, 0.3) is 0 Å². The van der Waals surface area contributed by atoms with E-state index in [2.05, 4.69) is 4.74 Å². The summed E-state index contributed by atoms with van der Waals surface area (Å²) in [6.07, 6.45) is -6.48. The average Bonchev–Trinajstić information content (AvgIpc) is 2.37. The molecule has 0 amide bonds. The van der Waals surface area contributed by atoms with Gasteiger partial charge in [-0.1, -0.05) is 0 Å². The summed E-state index contributed by atoms with van der Waals surface area (Å²) in [5.74, 6) is -1.35. The molecule has 0 fully saturated rings. The van der Waals surface area contributed by atoms with E-state index in [9.17, 15) is 23.1 Å². The van der Waals surface area contributed by atoms with Gasteiger partial charge in [-0.05, 0) is 29.7 Å². The first-order valence-electron chi connectivity index (χ1n) is 5.81. The number of aliphatic hydroxyl groups excluding tert-OH is 2. The fraction of sp³-hybridized carbons (Fsp3) is 0.417. The Labute approximate surface area is 117 Å². The SMILES string of the molecule is Nc1cc(C(O)CO)c(CCOC(F)(F)F)cc1C(=O)O. The number of hydrogen-bond acceptors (Lipinski definition) is 5. The highest BCUT2D eigenvalue weighted by Crippen LogP contribution is 2.26. The number of halogens is 3. The number of anilines is 1. The van der Waals surface area contributed by atoms with E-state index in [1.165, 1.54) is 0 Å². The predicted molar refractivity (Wildman–Crippen MR) is 65.6 cm³/mol. The van der Waals surface area contributed by atoms with Crippen molar-refractivity contribution >= 4 is 11.7 Å². The Kier molecular flexibility index (Phi) is 5.53. The first-order valence-corrected chi connectivity index (χ1v) is 5.81. The fourth-order valence-electron chi connectivity index (χ4n) is 1.77. The molecule has 1 unspecified atom stereocenters. The molecule has 0 spiro atoms. The molecule has 0 aromatic heterocycles. The Bertz CT molecular complexity index is 518. The highest BCUT2D eigenvalue weighted by molar-refractivity contribution is 5.94. The van der Waals surface area contributed by atoms with Crippen molar-refractivity contribution in [3.8, 4) is 0 Å². The number of alkyl halides is 3. The van der Waals surface area contributed by atoms with Crippen LogP contribution in [0.1, 0.15) is 27.6 Å². The van der Waals surface area contributed by atoms with Gasteiger partial charge in [0.1, 0.15) is 6.10 Å². The van der Waals surface area contributed by atoms with E-state index >= 15 is 0 Å². The van der Waals surface area contributed by atoms with Gasteiger partial charge in [0.05, 0.1) is 18.8 Å². The third kappa shape index (κ3) is 4.88. The van der Waals surface area contributed by atoms with Gasteiger partial charge in [-0.2, -0.15) is 0 Å². The normalized spacial score (nSPS) is 13.2. The number of rotatable bonds is 6. The lowest BCUT2D eigenvalue weighted by molar-refractivity contribution is -0.324. The predicted octanol–water partition coefficient (Wildman–Crippen LogP) is 1.07. The van der Waals surface area contributed by atoms with E-state index in [0.717, 1.165) is 12.1 Å². The van der Waals surface area contributed by atoms with Crippen molar-refractivity contribution in [2.75, 3.05) is 18.9 Å². The Balaban J connectivity index is 3.07. The molecular weight excluding hydrogens is 295 g/mol. The van der Waals surface area contributed by atoms with Crippen LogP contribution in [0.15, 0.2) is 12.1 Å². The van der Waals surface area contributed by atoms with Crippen molar-refractivity contribution in [3.63, 3.8) is 0 Å². The van der Waals surface area contributed by atoms with Gasteiger partial charge >= 0.3 is 12.3 Å². The number of benzene rings is 1. The van der Waals surface area contributed by atoms with Gasteiger partial charge < -0.3 is 21.1 Å². The second kappa shape index (κ2) is 6.74. The second-order valence-electron chi connectivity index (χ2n) is 4.19. The van der Waals surface area contributed by atoms with Gasteiger partial charge in [-0.3, -0.25) is 4.74 Å². The van der Waals surface area contributed by atoms with Crippen LogP contribution in [0.5, 0.6) is 0 Å². The van der Waals surface area contributed by atoms with Crippen molar-refractivity contribution in [3.05, 3.63) is 28.8 Å². The molecule has 21 heavy (non-hydrogen) atoms. The van der Waals surface area contributed by atoms with Gasteiger partial charge in [0.15, 0.2) is 0 Å². The van der Waals surface area contributed by atoms with Crippen molar-refractivity contribution in [2.45, 2.75) is 18.9 Å². The van der Waals surface area contributed by atoms with Gasteiger partial charge in [-0.15, -0.1) is 13.2 Å². The zero-order valence-electron chi connectivity index (χ0n) is 10.7. The Morgan fingerprint density at radius 1 is 1.38 bits per heavy atom. The quantitative estimate of drug-likeness (QED) is 0.585. The lowest BCUT2D eigenvalue weighted by Crippen LogP contribution is -2.17. The van der Waals surface area contributed by atoms with Crippen molar-refractivity contribution in [1.82, 2.24) is 0 Å². The highest BCUT2D eigenvalue weighted by atomic mass is 19.4. The molecule has 0 aliphatic heterocycles. The van der Waals surface area contributed by atoms with Crippen molar-refractivity contribution in [1.29, 1.82) is 0 Å². The average molecular weight is 309 g/mol. The van der Waals surface area contributed by atoms with Crippen LogP contribution in [0, 0.1) is 0 Å². The number of aromatic carboxylic acids is 1. The highest BCUT2D eigenvalue weighted by Gasteiger charge is 2.29. The van der Waals surface area contributed by atoms with E-state index in [1.54, 1.807) is 0 Å². The van der Waals surface area contributed by atoms with Gasteiger partial charge in [0.2, 0.25) is 0 Å². The van der Waals surface area contributed by atoms with Crippen LogP contribution in [-0.2, 0) is 11.2 Å². The molecule has 1 atom stereocenters. The molecule has 1 aromatic rings. The van der Waals surface area contributed by atoms with E-state index in [1.807, 2.05) is 0 Å². The molecule has 0 aliphatic carbocycles. The van der Waals surface area contributed by atoms with Gasteiger partial charge in [0, 0.05) is 5.69 Å². The van der Waals surface area contributed by atoms with Crippen LogP contribution in [0.4, 0.5) is 18.9 Å². The molecule has 1 rings (SSSR count). The van der Waals surface area contributed by atoms with Crippen molar-refractivity contribution < 1.29 is 38.0 Å². The standard InChI is InChI=1S/C12H14F3NO5/c13-12(14,15)21-2-1-6-3-8(11(19)20)9(16)4-7(6)10(18)5-17/h3-4,10,17-18H,1-2,5,16H2,(H,19,20). The summed E-state index contributed by atoms with van der Waals surface area (Å²) in [5.41, 5.74) is 5.20. The number of hydrogen-bond donors (Lipinski definition) is 4. The minimum absolute atomic E-state index is 0.0609. The summed E-state index contributed by atoms with van der Waals surface area (Å²) in [7, 11) is 0. The first-order chi connectivity index (χ1) is 9.65. The van der Waals surface area contributed by atoms with Crippen LogP contribution in [-0.4, -0.2) is 40.9 Å². The summed E-state index contributed by atoms with van der Waals surface area (Å²) >= 11 is 0. The van der Waals surface area contributed by atoms with Crippen LogP contribution >= 0.6 is 0 Å². The third-order valence-corrected chi connectivity index (χ3v) is 2.71. The summed E-state index contributed by atoms with van der Waals surface area (Å²) in [4.78, 5) is 11.0. The zero-order chi connectivity index (χ0) is 16.2. The summed E-state index contributed by atoms with van der Waals surface area (Å²) < 4.78 is 39.4. The van der Waals surface area contributed by atoms with Crippen LogP contribution in [0.2, 0.25) is 0 Å². The van der Waals surface area contributed by atoms with Gasteiger partial charge in [0.25, 0.3) is 0 Å². The smallest absolute Gasteiger partial charge is 0.478 e. The van der Waals surface area contributed by atoms with E-state index in [0.29, 0.717) is 0 Å². The molecule has 0 radical (unpaired) electrons. The second-order valence-corrected chi connectivity index (χ2v) is 4.19. The molecule has 0 aliphatic rings. The maximum Gasteiger partial charge on any atom is 0.522 e. The molecule has 0 bridgehead atoms. The number of aliphatic hydroxyl groups is 2. The number of nitrogens with two attached hydrogens (primary N) is 1. The molecule has 0 heterocycles. The third-order valence-electron chi connectivity index (χ3n) is 2.71. The fourth-order valence-corrected chi connectivity index (χ4v) is 1.77. The summed E-state index contributed by atoms with van der Waals surface area (Å²) in [6, 6.07) is 2.18. The molecular formula is C12H14F3NO5. The molecule has 0 saturated carbocycles. The van der Waals surface area contributed by atoms with E-state index < -0.39 is 31.6 Å². The number of carbonyl (C=O) groups is 1. The molecule has 1 aromatic carbocycles. The lowest BCUT2D eigenvalue weighted by Gasteiger charge is -2.16. The summed E-state index contributed by atoms with van der Waals surface area (Å²) in [5, 5.41) is 27.5. The van der Waals surface area contributed by atoms with Gasteiger partial charge in [-0.25, -0.2) is 4.79 Å². The number of ether oxygens (including phenoxy) is 1. The molecule has 0 saturated heterocycles. The van der Waals surface area contributed by atoms with Crippen LogP contribution < -0.4 is 5.73 Å². The zero-order valence-corrected chi connectivity index (χ0v) is 10.7. The largest absolute Gasteiger partial charge is 0.522 e. The Hall–Kier alpha value is -1.84. The van der Waals surface area contributed by atoms with Crippen LogP contribution in [0.3, 0.4) is 0 Å². The number of carboxylic acid groups (broad SMARTS) is 1. The van der Waals surface area contributed by atoms with E-state index in [-0.39, 0.29) is 28.8 Å². The monoisotopic (exact) mass is 309 g/mol. The molecule has 6 nitrogen and oxygen atoms in total. The number of carboxylic acids is 1. The van der Waals surface area contributed by atoms with E-state index in [4.69, 9.17) is 15.9 Å². The lowest BCUT2D eigenvalue weighted by atomic mass is 9.96. The Morgan fingerprint density at radius 3 is 2.48 bits per heavy atom. The molecule has 5 N–H and O–H groups in total. The molecule has 9 heteroatoms. The maximum atomic E-state index is 11.9. The Morgan fingerprint density at radius 2 is 2.00 bits per heavy atom.